The summed E-state index contributed by atoms with van der Waals surface area (Å²) >= 11 is 0. The standard InChI is InChI=1S/C16H14N4O5/c1-11-6-7-12(8-15(11)20(24)25)10-17-18-16(21)9-13-4-2-3-5-14(13)19(22)23/h2-8,10H,9H2,1H3,(H,18,21). The monoisotopic (exact) mass is 342 g/mol. The fourth-order valence-corrected chi connectivity index (χ4v) is 2.13. The second-order valence-electron chi connectivity index (χ2n) is 5.16. The Morgan fingerprint density at radius 3 is 2.48 bits per heavy atom. The van der Waals surface area contributed by atoms with Crippen LogP contribution in [0.1, 0.15) is 16.7 Å². The van der Waals surface area contributed by atoms with E-state index in [4.69, 9.17) is 0 Å². The third kappa shape index (κ3) is 4.67. The van der Waals surface area contributed by atoms with Crippen LogP contribution in [0, 0.1) is 27.2 Å². The summed E-state index contributed by atoms with van der Waals surface area (Å²) in [5.41, 5.74) is 3.29. The van der Waals surface area contributed by atoms with Gasteiger partial charge in [0.05, 0.1) is 22.5 Å². The van der Waals surface area contributed by atoms with Crippen LogP contribution in [0.5, 0.6) is 0 Å². The highest BCUT2D eigenvalue weighted by Crippen LogP contribution is 2.19. The summed E-state index contributed by atoms with van der Waals surface area (Å²) in [6.07, 6.45) is 1.06. The van der Waals surface area contributed by atoms with E-state index in [1.807, 2.05) is 0 Å². The maximum absolute atomic E-state index is 11.9. The number of hydrogen-bond acceptors (Lipinski definition) is 6. The van der Waals surface area contributed by atoms with Gasteiger partial charge in [-0.05, 0) is 6.92 Å². The molecule has 0 saturated heterocycles. The molecule has 0 fully saturated rings. The molecule has 0 aliphatic carbocycles. The summed E-state index contributed by atoms with van der Waals surface area (Å²) in [4.78, 5) is 32.6. The highest BCUT2D eigenvalue weighted by Gasteiger charge is 2.15. The maximum atomic E-state index is 11.9. The van der Waals surface area contributed by atoms with Crippen LogP contribution < -0.4 is 5.43 Å². The van der Waals surface area contributed by atoms with Crippen molar-refractivity contribution in [2.75, 3.05) is 0 Å². The Morgan fingerprint density at radius 2 is 1.80 bits per heavy atom. The molecule has 2 aromatic rings. The Balaban J connectivity index is 2.03. The normalized spacial score (nSPS) is 10.6. The lowest BCUT2D eigenvalue weighted by Crippen LogP contribution is -2.20. The number of hydrazone groups is 1. The van der Waals surface area contributed by atoms with E-state index in [0.717, 1.165) is 0 Å². The van der Waals surface area contributed by atoms with Gasteiger partial charge in [-0.2, -0.15) is 5.10 Å². The first-order valence-corrected chi connectivity index (χ1v) is 7.17. The minimum absolute atomic E-state index is 0.0461. The summed E-state index contributed by atoms with van der Waals surface area (Å²) in [7, 11) is 0. The summed E-state index contributed by atoms with van der Waals surface area (Å²) in [6, 6.07) is 10.5. The topological polar surface area (TPSA) is 128 Å². The quantitative estimate of drug-likeness (QED) is 0.490. The fraction of sp³-hybridized carbons (Fsp3) is 0.125. The Kier molecular flexibility index (Phi) is 5.51. The summed E-state index contributed by atoms with van der Waals surface area (Å²) in [6.45, 7) is 1.62. The van der Waals surface area contributed by atoms with E-state index >= 15 is 0 Å². The number of nitro groups is 2. The lowest BCUT2D eigenvalue weighted by molar-refractivity contribution is -0.385. The van der Waals surface area contributed by atoms with Gasteiger partial charge in [-0.1, -0.05) is 30.3 Å². The molecular formula is C16H14N4O5. The van der Waals surface area contributed by atoms with Crippen LogP contribution in [-0.2, 0) is 11.2 Å². The van der Waals surface area contributed by atoms with Crippen molar-refractivity contribution < 1.29 is 14.6 Å². The molecule has 1 amide bonds. The van der Waals surface area contributed by atoms with Crippen LogP contribution in [0.3, 0.4) is 0 Å². The summed E-state index contributed by atoms with van der Waals surface area (Å²) < 4.78 is 0. The van der Waals surface area contributed by atoms with Gasteiger partial charge >= 0.3 is 0 Å². The maximum Gasteiger partial charge on any atom is 0.273 e. The van der Waals surface area contributed by atoms with Gasteiger partial charge in [0.2, 0.25) is 5.91 Å². The number of nitrogens with zero attached hydrogens (tertiary/aromatic N) is 3. The largest absolute Gasteiger partial charge is 0.273 e. The zero-order chi connectivity index (χ0) is 18.4. The zero-order valence-corrected chi connectivity index (χ0v) is 13.2. The Labute approximate surface area is 142 Å². The predicted octanol–water partition coefficient (Wildman–Crippen LogP) is 2.50. The Bertz CT molecular complexity index is 863. The number of rotatable bonds is 6. The minimum atomic E-state index is -0.558. The van der Waals surface area contributed by atoms with E-state index in [1.165, 1.54) is 30.5 Å². The number of benzene rings is 2. The molecule has 0 saturated carbocycles. The van der Waals surface area contributed by atoms with Crippen molar-refractivity contribution in [2.24, 2.45) is 5.10 Å². The van der Waals surface area contributed by atoms with E-state index in [2.05, 4.69) is 10.5 Å². The molecule has 0 heterocycles. The van der Waals surface area contributed by atoms with Gasteiger partial charge in [0.15, 0.2) is 0 Å². The summed E-state index contributed by atoms with van der Waals surface area (Å²) in [5, 5.41) is 25.5. The van der Waals surface area contributed by atoms with Gasteiger partial charge in [0.25, 0.3) is 11.4 Å². The zero-order valence-electron chi connectivity index (χ0n) is 13.2. The molecule has 2 aromatic carbocycles. The molecule has 2 rings (SSSR count). The molecule has 9 nitrogen and oxygen atoms in total. The van der Waals surface area contributed by atoms with E-state index in [-0.39, 0.29) is 23.4 Å². The van der Waals surface area contributed by atoms with Crippen molar-refractivity contribution in [2.45, 2.75) is 13.3 Å². The molecule has 0 spiro atoms. The summed E-state index contributed by atoms with van der Waals surface area (Å²) in [5.74, 6) is -0.535. The number of para-hydroxylation sites is 1. The molecule has 128 valence electrons. The van der Waals surface area contributed by atoms with E-state index in [0.29, 0.717) is 11.1 Å². The number of aryl methyl sites for hydroxylation is 1. The average molecular weight is 342 g/mol. The van der Waals surface area contributed by atoms with E-state index < -0.39 is 15.8 Å². The van der Waals surface area contributed by atoms with Crippen molar-refractivity contribution in [3.63, 3.8) is 0 Å². The van der Waals surface area contributed by atoms with Crippen LogP contribution >= 0.6 is 0 Å². The highest BCUT2D eigenvalue weighted by molar-refractivity contribution is 5.84. The SMILES string of the molecule is Cc1ccc(C=NNC(=O)Cc2ccccc2[N+](=O)[O-])cc1[N+](=O)[O-]. The number of hydrogen-bond donors (Lipinski definition) is 1. The molecule has 0 unspecified atom stereocenters. The Morgan fingerprint density at radius 1 is 1.12 bits per heavy atom. The van der Waals surface area contributed by atoms with Crippen LogP contribution in [0.15, 0.2) is 47.6 Å². The number of carbonyl (C=O) groups is 1. The smallest absolute Gasteiger partial charge is 0.273 e. The first-order chi connectivity index (χ1) is 11.9. The van der Waals surface area contributed by atoms with Gasteiger partial charge < -0.3 is 0 Å². The molecule has 0 aliphatic heterocycles. The first-order valence-electron chi connectivity index (χ1n) is 7.17. The van der Waals surface area contributed by atoms with Crippen LogP contribution in [0.4, 0.5) is 11.4 Å². The van der Waals surface area contributed by atoms with Gasteiger partial charge in [-0.15, -0.1) is 0 Å². The second kappa shape index (κ2) is 7.77. The van der Waals surface area contributed by atoms with Gasteiger partial charge in [-0.3, -0.25) is 25.0 Å². The van der Waals surface area contributed by atoms with E-state index in [1.54, 1.807) is 25.1 Å². The van der Waals surface area contributed by atoms with E-state index in [9.17, 15) is 25.0 Å². The number of nitro benzene ring substituents is 2. The lowest BCUT2D eigenvalue weighted by Gasteiger charge is -2.02. The molecule has 0 aromatic heterocycles. The predicted molar refractivity (Wildman–Crippen MR) is 90.4 cm³/mol. The highest BCUT2D eigenvalue weighted by atomic mass is 16.6. The first kappa shape index (κ1) is 17.7. The van der Waals surface area contributed by atoms with Crippen LogP contribution in [-0.4, -0.2) is 22.0 Å². The molecule has 25 heavy (non-hydrogen) atoms. The lowest BCUT2D eigenvalue weighted by atomic mass is 10.1. The molecule has 0 aliphatic rings. The third-order valence-electron chi connectivity index (χ3n) is 3.37. The van der Waals surface area contributed by atoms with Gasteiger partial charge in [0.1, 0.15) is 0 Å². The van der Waals surface area contributed by atoms with Gasteiger partial charge in [-0.25, -0.2) is 5.43 Å². The molecule has 1 N–H and O–H groups in total. The van der Waals surface area contributed by atoms with Gasteiger partial charge in [0, 0.05) is 28.8 Å². The molecule has 0 bridgehead atoms. The number of amides is 1. The second-order valence-corrected chi connectivity index (χ2v) is 5.16. The van der Waals surface area contributed by atoms with Crippen molar-refractivity contribution in [3.8, 4) is 0 Å². The van der Waals surface area contributed by atoms with Crippen LogP contribution in [0.25, 0.3) is 0 Å². The molecule has 0 radical (unpaired) electrons. The van der Waals surface area contributed by atoms with Crippen LogP contribution in [0.2, 0.25) is 0 Å². The minimum Gasteiger partial charge on any atom is -0.273 e. The number of nitrogens with one attached hydrogen (secondary N) is 1. The molecule has 0 atom stereocenters. The number of carbonyl (C=O) groups excluding carboxylic acids is 1. The van der Waals surface area contributed by atoms with Crippen molar-refractivity contribution >= 4 is 23.5 Å². The molecule has 9 heteroatoms. The average Bonchev–Trinajstić information content (AvgIpc) is 2.56. The third-order valence-corrected chi connectivity index (χ3v) is 3.37. The van der Waals surface area contributed by atoms with Crippen molar-refractivity contribution in [1.29, 1.82) is 0 Å². The Hall–Kier alpha value is -3.62. The fourth-order valence-electron chi connectivity index (χ4n) is 2.13. The molecular weight excluding hydrogens is 328 g/mol. The van der Waals surface area contributed by atoms with Crippen molar-refractivity contribution in [3.05, 3.63) is 79.4 Å². The van der Waals surface area contributed by atoms with Crippen molar-refractivity contribution in [1.82, 2.24) is 5.43 Å².